The van der Waals surface area contributed by atoms with Gasteiger partial charge in [-0.05, 0) is 36.8 Å². The fourth-order valence-corrected chi connectivity index (χ4v) is 3.09. The number of hydrogen-bond acceptors (Lipinski definition) is 2. The second-order valence-electron chi connectivity index (χ2n) is 6.12. The van der Waals surface area contributed by atoms with Crippen LogP contribution < -0.4 is 4.90 Å². The molecule has 1 unspecified atom stereocenters. The van der Waals surface area contributed by atoms with Gasteiger partial charge >= 0.3 is 0 Å². The minimum absolute atomic E-state index is 0.0712. The van der Waals surface area contributed by atoms with Crippen LogP contribution in [0.3, 0.4) is 0 Å². The first-order valence-corrected chi connectivity index (χ1v) is 6.66. The predicted molar refractivity (Wildman–Crippen MR) is 75.6 cm³/mol. The van der Waals surface area contributed by atoms with Crippen molar-refractivity contribution in [1.82, 2.24) is 0 Å². The first-order valence-electron chi connectivity index (χ1n) is 6.66. The molecule has 1 aromatic carbocycles. The fourth-order valence-electron chi connectivity index (χ4n) is 3.09. The first kappa shape index (κ1) is 13.0. The molecule has 1 aromatic rings. The van der Waals surface area contributed by atoms with Gasteiger partial charge in [0.1, 0.15) is 0 Å². The Hall–Kier alpha value is -1.49. The molecule has 96 valence electrons. The molecule has 1 aliphatic heterocycles. The standard InChI is InChI=1S/C16H22N2/c1-12-6-5-7-13(2)15(12)18-9-8-14(10-17)16(3,4)11-18/h5-7,14H,8-9,11H2,1-4H3. The predicted octanol–water partition coefficient (Wildman–Crippen LogP) is 3.68. The number of aryl methyl sites for hydroxylation is 2. The molecule has 0 amide bonds. The van der Waals surface area contributed by atoms with E-state index in [1.165, 1.54) is 16.8 Å². The van der Waals surface area contributed by atoms with Gasteiger partial charge in [0.2, 0.25) is 0 Å². The molecular weight excluding hydrogens is 220 g/mol. The summed E-state index contributed by atoms with van der Waals surface area (Å²) in [5.41, 5.74) is 4.10. The lowest BCUT2D eigenvalue weighted by atomic mass is 9.74. The Balaban J connectivity index is 2.30. The van der Waals surface area contributed by atoms with Crippen LogP contribution in [0.4, 0.5) is 5.69 Å². The second kappa shape index (κ2) is 4.65. The Kier molecular flexibility index (Phi) is 3.34. The lowest BCUT2D eigenvalue weighted by molar-refractivity contribution is 0.226. The zero-order valence-corrected chi connectivity index (χ0v) is 11.8. The van der Waals surface area contributed by atoms with Gasteiger partial charge < -0.3 is 4.90 Å². The van der Waals surface area contributed by atoms with Gasteiger partial charge in [0, 0.05) is 18.8 Å². The highest BCUT2D eigenvalue weighted by atomic mass is 15.1. The molecule has 2 nitrogen and oxygen atoms in total. The third-order valence-corrected chi connectivity index (χ3v) is 4.14. The summed E-state index contributed by atoms with van der Waals surface area (Å²) in [5.74, 6) is 0.179. The molecule has 2 heteroatoms. The number of hydrogen-bond donors (Lipinski definition) is 0. The van der Waals surface area contributed by atoms with E-state index in [9.17, 15) is 5.26 Å². The summed E-state index contributed by atoms with van der Waals surface area (Å²) in [4.78, 5) is 2.46. The molecule has 0 aliphatic carbocycles. The highest BCUT2D eigenvalue weighted by Crippen LogP contribution is 2.38. The van der Waals surface area contributed by atoms with E-state index in [0.717, 1.165) is 19.5 Å². The summed E-state index contributed by atoms with van der Waals surface area (Å²) in [6.07, 6.45) is 0.970. The van der Waals surface area contributed by atoms with Crippen LogP contribution in [0, 0.1) is 36.5 Å². The monoisotopic (exact) mass is 242 g/mol. The van der Waals surface area contributed by atoms with Crippen molar-refractivity contribution in [3.05, 3.63) is 29.3 Å². The Morgan fingerprint density at radius 2 is 1.89 bits per heavy atom. The van der Waals surface area contributed by atoms with Gasteiger partial charge in [-0.25, -0.2) is 0 Å². The van der Waals surface area contributed by atoms with Crippen molar-refractivity contribution < 1.29 is 0 Å². The van der Waals surface area contributed by atoms with Crippen molar-refractivity contribution >= 4 is 5.69 Å². The zero-order chi connectivity index (χ0) is 13.3. The van der Waals surface area contributed by atoms with E-state index in [1.54, 1.807) is 0 Å². The summed E-state index contributed by atoms with van der Waals surface area (Å²) in [5, 5.41) is 9.22. The fraction of sp³-hybridized carbons (Fsp3) is 0.562. The van der Waals surface area contributed by atoms with Crippen molar-refractivity contribution in [3.8, 4) is 6.07 Å². The minimum Gasteiger partial charge on any atom is -0.370 e. The molecule has 0 saturated carbocycles. The van der Waals surface area contributed by atoms with Crippen molar-refractivity contribution in [2.75, 3.05) is 18.0 Å². The molecule has 18 heavy (non-hydrogen) atoms. The third-order valence-electron chi connectivity index (χ3n) is 4.14. The van der Waals surface area contributed by atoms with Crippen molar-refractivity contribution in [2.45, 2.75) is 34.1 Å². The molecular formula is C16H22N2. The molecule has 1 atom stereocenters. The quantitative estimate of drug-likeness (QED) is 0.751. The SMILES string of the molecule is Cc1cccc(C)c1N1CCC(C#N)C(C)(C)C1. The highest BCUT2D eigenvalue weighted by Gasteiger charge is 2.36. The van der Waals surface area contributed by atoms with E-state index in [1.807, 2.05) is 0 Å². The first-order chi connectivity index (χ1) is 8.45. The van der Waals surface area contributed by atoms with Gasteiger partial charge in [-0.2, -0.15) is 5.26 Å². The van der Waals surface area contributed by atoms with Crippen LogP contribution in [0.1, 0.15) is 31.4 Å². The number of nitriles is 1. The summed E-state index contributed by atoms with van der Waals surface area (Å²) >= 11 is 0. The highest BCUT2D eigenvalue weighted by molar-refractivity contribution is 5.59. The third kappa shape index (κ3) is 2.22. The Morgan fingerprint density at radius 3 is 2.39 bits per heavy atom. The average molecular weight is 242 g/mol. The van der Waals surface area contributed by atoms with Crippen molar-refractivity contribution in [1.29, 1.82) is 5.26 Å². The number of rotatable bonds is 1. The molecule has 0 N–H and O–H groups in total. The van der Waals surface area contributed by atoms with E-state index in [4.69, 9.17) is 0 Å². The molecule has 2 rings (SSSR count). The van der Waals surface area contributed by atoms with E-state index < -0.39 is 0 Å². The normalized spacial score (nSPS) is 22.6. The molecule has 1 heterocycles. The van der Waals surface area contributed by atoms with Gasteiger partial charge in [0.15, 0.2) is 0 Å². The van der Waals surface area contributed by atoms with Crippen molar-refractivity contribution in [3.63, 3.8) is 0 Å². The zero-order valence-electron chi connectivity index (χ0n) is 11.8. The Labute approximate surface area is 110 Å². The van der Waals surface area contributed by atoms with Gasteiger partial charge in [-0.15, -0.1) is 0 Å². The second-order valence-corrected chi connectivity index (χ2v) is 6.12. The van der Waals surface area contributed by atoms with E-state index in [0.29, 0.717) is 0 Å². The van der Waals surface area contributed by atoms with Gasteiger partial charge in [-0.1, -0.05) is 32.0 Å². The van der Waals surface area contributed by atoms with E-state index in [-0.39, 0.29) is 11.3 Å². The van der Waals surface area contributed by atoms with Gasteiger partial charge in [-0.3, -0.25) is 0 Å². The lowest BCUT2D eigenvalue weighted by Gasteiger charge is -2.43. The smallest absolute Gasteiger partial charge is 0.0662 e. The molecule has 1 fully saturated rings. The Bertz CT molecular complexity index is 462. The maximum absolute atomic E-state index is 9.22. The van der Waals surface area contributed by atoms with Gasteiger partial charge in [0.25, 0.3) is 0 Å². The average Bonchev–Trinajstić information content (AvgIpc) is 2.27. The van der Waals surface area contributed by atoms with Crippen molar-refractivity contribution in [2.24, 2.45) is 11.3 Å². The van der Waals surface area contributed by atoms with Crippen LogP contribution in [0.25, 0.3) is 0 Å². The summed E-state index contributed by atoms with van der Waals surface area (Å²) < 4.78 is 0. The number of nitrogens with zero attached hydrogens (tertiary/aromatic N) is 2. The molecule has 0 bridgehead atoms. The van der Waals surface area contributed by atoms with E-state index >= 15 is 0 Å². The molecule has 0 aromatic heterocycles. The Morgan fingerprint density at radius 1 is 1.28 bits per heavy atom. The number of anilines is 1. The van der Waals surface area contributed by atoms with Crippen LogP contribution in [0.2, 0.25) is 0 Å². The van der Waals surface area contributed by atoms with Crippen LogP contribution in [-0.2, 0) is 0 Å². The molecule has 1 saturated heterocycles. The van der Waals surface area contributed by atoms with Gasteiger partial charge in [0.05, 0.1) is 12.0 Å². The van der Waals surface area contributed by atoms with E-state index in [2.05, 4.69) is 56.9 Å². The minimum atomic E-state index is 0.0712. The van der Waals surface area contributed by atoms with Crippen LogP contribution in [0.15, 0.2) is 18.2 Å². The number of para-hydroxylation sites is 1. The summed E-state index contributed by atoms with van der Waals surface area (Å²) in [7, 11) is 0. The summed E-state index contributed by atoms with van der Waals surface area (Å²) in [6.45, 7) is 10.7. The van der Waals surface area contributed by atoms with Crippen LogP contribution >= 0.6 is 0 Å². The topological polar surface area (TPSA) is 27.0 Å². The molecule has 0 radical (unpaired) electrons. The number of piperidine rings is 1. The maximum Gasteiger partial charge on any atom is 0.0662 e. The molecule has 1 aliphatic rings. The van der Waals surface area contributed by atoms with Crippen LogP contribution in [0.5, 0.6) is 0 Å². The molecule has 0 spiro atoms. The summed E-state index contributed by atoms with van der Waals surface area (Å²) in [6, 6.07) is 8.93. The van der Waals surface area contributed by atoms with Crippen LogP contribution in [-0.4, -0.2) is 13.1 Å². The largest absolute Gasteiger partial charge is 0.370 e. The number of benzene rings is 1. The lowest BCUT2D eigenvalue weighted by Crippen LogP contribution is -2.45. The maximum atomic E-state index is 9.22.